The first kappa shape index (κ1) is 18.5. The number of carbonyl (C=O) groups is 1. The summed E-state index contributed by atoms with van der Waals surface area (Å²) in [6.45, 7) is 7.56. The lowest BCUT2D eigenvalue weighted by Crippen LogP contribution is -2.41. The zero-order valence-corrected chi connectivity index (χ0v) is 16.0. The molecule has 1 atom stereocenters. The molecule has 3 rings (SSSR count). The number of carbonyl (C=O) groups excluding carboxylic acids is 1. The summed E-state index contributed by atoms with van der Waals surface area (Å²) in [6, 6.07) is 17.6. The molecular formula is C23H29NO2. The Morgan fingerprint density at radius 2 is 1.69 bits per heavy atom. The van der Waals surface area contributed by atoms with Crippen molar-refractivity contribution >= 4 is 6.09 Å². The summed E-state index contributed by atoms with van der Waals surface area (Å²) in [5.74, 6) is 0.588. The highest BCUT2D eigenvalue weighted by atomic mass is 16.6. The smallest absolute Gasteiger partial charge is 0.410 e. The monoisotopic (exact) mass is 351 g/mol. The minimum atomic E-state index is -0.377. The number of hydrogen-bond donors (Lipinski definition) is 1. The lowest BCUT2D eigenvalue weighted by atomic mass is 9.64. The first-order chi connectivity index (χ1) is 12.4. The van der Waals surface area contributed by atoms with Crippen molar-refractivity contribution in [1.29, 1.82) is 0 Å². The molecule has 3 nitrogen and oxygen atoms in total. The molecule has 2 aromatic rings. The molecule has 1 N–H and O–H groups in total. The second kappa shape index (κ2) is 7.53. The number of benzene rings is 2. The van der Waals surface area contributed by atoms with Crippen molar-refractivity contribution in [3.8, 4) is 16.9 Å². The van der Waals surface area contributed by atoms with Gasteiger partial charge in [0.25, 0.3) is 0 Å². The van der Waals surface area contributed by atoms with Gasteiger partial charge in [-0.25, -0.2) is 4.79 Å². The fraction of sp³-hybridized carbons (Fsp3) is 0.435. The molecule has 2 aromatic carbocycles. The van der Waals surface area contributed by atoms with Gasteiger partial charge in [-0.05, 0) is 41.7 Å². The summed E-state index contributed by atoms with van der Waals surface area (Å²) in [5.41, 5.74) is 2.45. The Balaban J connectivity index is 1.64. The van der Waals surface area contributed by atoms with Crippen molar-refractivity contribution in [1.82, 2.24) is 5.32 Å². The molecule has 0 aliphatic heterocycles. The predicted molar refractivity (Wildman–Crippen MR) is 106 cm³/mol. The first-order valence-electron chi connectivity index (χ1n) is 9.47. The molecule has 1 saturated carbocycles. The molecule has 0 bridgehead atoms. The van der Waals surface area contributed by atoms with Crippen molar-refractivity contribution in [2.75, 3.05) is 6.54 Å². The molecule has 26 heavy (non-hydrogen) atoms. The molecule has 0 aromatic heterocycles. The summed E-state index contributed by atoms with van der Waals surface area (Å²) in [4.78, 5) is 12.4. The molecule has 1 amide bonds. The van der Waals surface area contributed by atoms with Crippen LogP contribution in [-0.2, 0) is 0 Å². The Morgan fingerprint density at radius 3 is 2.42 bits per heavy atom. The fourth-order valence-electron chi connectivity index (χ4n) is 4.31. The van der Waals surface area contributed by atoms with Crippen LogP contribution in [0.5, 0.6) is 5.75 Å². The van der Waals surface area contributed by atoms with Gasteiger partial charge in [-0.2, -0.15) is 0 Å². The molecule has 138 valence electrons. The van der Waals surface area contributed by atoms with E-state index in [0.717, 1.165) is 24.0 Å². The van der Waals surface area contributed by atoms with Crippen LogP contribution in [-0.4, -0.2) is 12.6 Å². The third-order valence-corrected chi connectivity index (χ3v) is 5.37. The molecule has 1 unspecified atom stereocenters. The molecule has 0 saturated heterocycles. The van der Waals surface area contributed by atoms with Gasteiger partial charge in [-0.1, -0.05) is 75.7 Å². The molecule has 0 spiro atoms. The molecule has 1 aliphatic carbocycles. The van der Waals surface area contributed by atoms with Crippen LogP contribution in [0, 0.1) is 10.8 Å². The van der Waals surface area contributed by atoms with E-state index in [1.54, 1.807) is 0 Å². The van der Waals surface area contributed by atoms with Gasteiger partial charge < -0.3 is 10.1 Å². The Kier molecular flexibility index (Phi) is 5.36. The Labute approximate surface area is 156 Å². The summed E-state index contributed by atoms with van der Waals surface area (Å²) < 4.78 is 5.64. The van der Waals surface area contributed by atoms with Crippen LogP contribution in [0.2, 0.25) is 0 Å². The standard InChI is InChI=1S/C23H29NO2/c1-22(2)14-9-15-23(3,16-22)17-24-21(25)26-20-13-8-7-12-19(20)18-10-5-4-6-11-18/h4-8,10-13H,9,14-17H2,1-3H3,(H,24,25). The maximum atomic E-state index is 12.4. The van der Waals surface area contributed by atoms with E-state index in [-0.39, 0.29) is 11.5 Å². The Bertz CT molecular complexity index is 754. The van der Waals surface area contributed by atoms with Gasteiger partial charge >= 0.3 is 6.09 Å². The highest BCUT2D eigenvalue weighted by Crippen LogP contribution is 2.45. The second-order valence-corrected chi connectivity index (χ2v) is 8.61. The molecular weight excluding hydrogens is 322 g/mol. The summed E-state index contributed by atoms with van der Waals surface area (Å²) >= 11 is 0. The van der Waals surface area contributed by atoms with Crippen molar-refractivity contribution in [2.24, 2.45) is 10.8 Å². The Morgan fingerprint density at radius 1 is 1.00 bits per heavy atom. The highest BCUT2D eigenvalue weighted by molar-refractivity contribution is 5.77. The number of nitrogens with one attached hydrogen (secondary N) is 1. The van der Waals surface area contributed by atoms with Gasteiger partial charge in [0.05, 0.1) is 0 Å². The van der Waals surface area contributed by atoms with Crippen LogP contribution < -0.4 is 10.1 Å². The van der Waals surface area contributed by atoms with Gasteiger partial charge in [-0.3, -0.25) is 0 Å². The van der Waals surface area contributed by atoms with E-state index in [0.29, 0.717) is 17.7 Å². The maximum absolute atomic E-state index is 12.4. The predicted octanol–water partition coefficient (Wildman–Crippen LogP) is 6.05. The normalized spacial score (nSPS) is 21.8. The molecule has 1 fully saturated rings. The Hall–Kier alpha value is -2.29. The number of rotatable bonds is 4. The number of hydrogen-bond acceptors (Lipinski definition) is 2. The summed E-state index contributed by atoms with van der Waals surface area (Å²) in [7, 11) is 0. The van der Waals surface area contributed by atoms with Crippen LogP contribution in [0.3, 0.4) is 0 Å². The van der Waals surface area contributed by atoms with Gasteiger partial charge in [0, 0.05) is 12.1 Å². The average molecular weight is 351 g/mol. The SMILES string of the molecule is CC1(C)CCCC(C)(CNC(=O)Oc2ccccc2-c2ccccc2)C1. The average Bonchev–Trinajstić information content (AvgIpc) is 2.60. The van der Waals surface area contributed by atoms with E-state index in [4.69, 9.17) is 4.74 Å². The lowest BCUT2D eigenvalue weighted by molar-refractivity contribution is 0.0969. The van der Waals surface area contributed by atoms with E-state index >= 15 is 0 Å². The van der Waals surface area contributed by atoms with Crippen LogP contribution in [0.1, 0.15) is 46.5 Å². The van der Waals surface area contributed by atoms with Crippen molar-refractivity contribution in [3.63, 3.8) is 0 Å². The van der Waals surface area contributed by atoms with Gasteiger partial charge in [0.2, 0.25) is 0 Å². The first-order valence-corrected chi connectivity index (χ1v) is 9.47. The van der Waals surface area contributed by atoms with Crippen LogP contribution >= 0.6 is 0 Å². The van der Waals surface area contributed by atoms with Crippen molar-refractivity contribution < 1.29 is 9.53 Å². The van der Waals surface area contributed by atoms with E-state index < -0.39 is 0 Å². The lowest BCUT2D eigenvalue weighted by Gasteiger charge is -2.42. The van der Waals surface area contributed by atoms with Gasteiger partial charge in [-0.15, -0.1) is 0 Å². The van der Waals surface area contributed by atoms with E-state index in [1.165, 1.54) is 12.8 Å². The minimum absolute atomic E-state index is 0.139. The van der Waals surface area contributed by atoms with Crippen LogP contribution in [0.25, 0.3) is 11.1 Å². The topological polar surface area (TPSA) is 38.3 Å². The van der Waals surface area contributed by atoms with E-state index in [2.05, 4.69) is 26.1 Å². The summed E-state index contributed by atoms with van der Waals surface area (Å²) in [6.07, 6.45) is 4.38. The number of para-hydroxylation sites is 1. The molecule has 0 heterocycles. The van der Waals surface area contributed by atoms with E-state index in [1.807, 2.05) is 54.6 Å². The number of ether oxygens (including phenoxy) is 1. The molecule has 0 radical (unpaired) electrons. The second-order valence-electron chi connectivity index (χ2n) is 8.61. The molecule has 1 aliphatic rings. The minimum Gasteiger partial charge on any atom is -0.410 e. The zero-order chi connectivity index (χ0) is 18.6. The maximum Gasteiger partial charge on any atom is 0.412 e. The highest BCUT2D eigenvalue weighted by Gasteiger charge is 2.36. The van der Waals surface area contributed by atoms with Crippen molar-refractivity contribution in [2.45, 2.75) is 46.5 Å². The fourth-order valence-corrected chi connectivity index (χ4v) is 4.31. The largest absolute Gasteiger partial charge is 0.412 e. The van der Waals surface area contributed by atoms with Crippen LogP contribution in [0.4, 0.5) is 4.79 Å². The van der Waals surface area contributed by atoms with Crippen molar-refractivity contribution in [3.05, 3.63) is 54.6 Å². The molecule has 3 heteroatoms. The van der Waals surface area contributed by atoms with E-state index in [9.17, 15) is 4.79 Å². The third-order valence-electron chi connectivity index (χ3n) is 5.37. The third kappa shape index (κ3) is 4.66. The van der Waals surface area contributed by atoms with Crippen LogP contribution in [0.15, 0.2) is 54.6 Å². The van der Waals surface area contributed by atoms with Gasteiger partial charge in [0.15, 0.2) is 0 Å². The number of amides is 1. The quantitative estimate of drug-likeness (QED) is 0.728. The van der Waals surface area contributed by atoms with Gasteiger partial charge in [0.1, 0.15) is 5.75 Å². The summed E-state index contributed by atoms with van der Waals surface area (Å²) in [5, 5.41) is 3.00. The zero-order valence-electron chi connectivity index (χ0n) is 16.0.